The van der Waals surface area contributed by atoms with Crippen LogP contribution in [0.3, 0.4) is 0 Å². The summed E-state index contributed by atoms with van der Waals surface area (Å²) in [6, 6.07) is 58.9. The molecule has 0 saturated heterocycles. The zero-order valence-electron chi connectivity index (χ0n) is 27.6. The first kappa shape index (κ1) is 28.2. The summed E-state index contributed by atoms with van der Waals surface area (Å²) in [5.74, 6) is 0. The van der Waals surface area contributed by atoms with Crippen molar-refractivity contribution in [3.63, 3.8) is 0 Å². The highest BCUT2D eigenvalue weighted by Gasteiger charge is 2.45. The Morgan fingerprint density at radius 2 is 1.18 bits per heavy atom. The van der Waals surface area contributed by atoms with Crippen LogP contribution in [0.25, 0.3) is 58.8 Å². The second kappa shape index (κ2) is 10.7. The fourth-order valence-corrected chi connectivity index (χ4v) is 10.5. The summed E-state index contributed by atoms with van der Waals surface area (Å²) in [5.41, 5.74) is 13.2. The minimum atomic E-state index is 0.0956. The van der Waals surface area contributed by atoms with Crippen LogP contribution in [0.5, 0.6) is 0 Å². The number of aromatic nitrogens is 1. The van der Waals surface area contributed by atoms with Crippen LogP contribution in [0.1, 0.15) is 36.8 Å². The maximum absolute atomic E-state index is 2.55. The first-order chi connectivity index (χ1) is 24.8. The van der Waals surface area contributed by atoms with E-state index in [4.69, 9.17) is 0 Å². The van der Waals surface area contributed by atoms with Crippen molar-refractivity contribution >= 4 is 70.4 Å². The quantitative estimate of drug-likeness (QED) is 0.183. The van der Waals surface area contributed by atoms with Crippen molar-refractivity contribution in [2.75, 3.05) is 4.90 Å². The molecule has 2 aromatic heterocycles. The summed E-state index contributed by atoms with van der Waals surface area (Å²) >= 11 is 1.89. The van der Waals surface area contributed by atoms with Gasteiger partial charge in [0.1, 0.15) is 0 Å². The number of hydrogen-bond acceptors (Lipinski definition) is 2. The van der Waals surface area contributed by atoms with Gasteiger partial charge in [0.2, 0.25) is 0 Å². The molecule has 2 aliphatic carbocycles. The van der Waals surface area contributed by atoms with Gasteiger partial charge in [0.25, 0.3) is 0 Å². The smallest absolute Gasteiger partial charge is 0.0561 e. The molecule has 1 saturated carbocycles. The van der Waals surface area contributed by atoms with Gasteiger partial charge in [-0.05, 0) is 95.8 Å². The largest absolute Gasteiger partial charge is 0.310 e. The van der Waals surface area contributed by atoms with Crippen molar-refractivity contribution in [2.45, 2.75) is 31.1 Å². The number of para-hydroxylation sites is 2. The van der Waals surface area contributed by atoms with Gasteiger partial charge in [-0.15, -0.1) is 11.3 Å². The van der Waals surface area contributed by atoms with E-state index in [0.717, 1.165) is 5.69 Å². The maximum Gasteiger partial charge on any atom is 0.0561 e. The molecule has 0 N–H and O–H groups in total. The van der Waals surface area contributed by atoms with Crippen LogP contribution in [0.4, 0.5) is 17.1 Å². The molecule has 0 unspecified atom stereocenters. The molecule has 7 aromatic carbocycles. The third kappa shape index (κ3) is 3.90. The molecule has 1 spiro atoms. The fraction of sp³-hybridized carbons (Fsp3) is 0.106. The summed E-state index contributed by atoms with van der Waals surface area (Å²) in [7, 11) is 0. The molecule has 50 heavy (non-hydrogen) atoms. The summed E-state index contributed by atoms with van der Waals surface area (Å²) < 4.78 is 5.07. The van der Waals surface area contributed by atoms with E-state index in [-0.39, 0.29) is 5.41 Å². The van der Waals surface area contributed by atoms with Crippen molar-refractivity contribution in [1.82, 2.24) is 4.57 Å². The molecule has 0 amide bonds. The molecule has 2 nitrogen and oxygen atoms in total. The first-order valence-electron chi connectivity index (χ1n) is 17.8. The van der Waals surface area contributed by atoms with Crippen LogP contribution in [-0.4, -0.2) is 4.57 Å². The van der Waals surface area contributed by atoms with Gasteiger partial charge in [0.15, 0.2) is 0 Å². The summed E-state index contributed by atoms with van der Waals surface area (Å²) in [5, 5.41) is 5.17. The average Bonchev–Trinajstić information content (AvgIpc) is 3.95. The molecular weight excluding hydrogens is 625 g/mol. The van der Waals surface area contributed by atoms with Crippen LogP contribution in [-0.2, 0) is 5.41 Å². The number of benzene rings is 7. The van der Waals surface area contributed by atoms with Crippen molar-refractivity contribution in [3.05, 3.63) is 169 Å². The van der Waals surface area contributed by atoms with E-state index in [2.05, 4.69) is 167 Å². The minimum absolute atomic E-state index is 0.0956. The van der Waals surface area contributed by atoms with E-state index in [1.165, 1.54) is 107 Å². The summed E-state index contributed by atoms with van der Waals surface area (Å²) in [6.45, 7) is 0. The minimum Gasteiger partial charge on any atom is -0.310 e. The highest BCUT2D eigenvalue weighted by atomic mass is 32.1. The molecule has 1 fully saturated rings. The molecule has 11 rings (SSSR count). The highest BCUT2D eigenvalue weighted by Crippen LogP contribution is 2.58. The molecule has 2 aliphatic rings. The highest BCUT2D eigenvalue weighted by molar-refractivity contribution is 7.26. The molecule has 0 aliphatic heterocycles. The molecule has 2 heterocycles. The topological polar surface area (TPSA) is 8.17 Å². The Kier molecular flexibility index (Phi) is 6.03. The molecule has 0 atom stereocenters. The number of rotatable bonds is 4. The van der Waals surface area contributed by atoms with Gasteiger partial charge in [-0.3, -0.25) is 0 Å². The number of fused-ring (bicyclic) bond motifs is 11. The van der Waals surface area contributed by atoms with Crippen molar-refractivity contribution in [2.24, 2.45) is 0 Å². The molecule has 0 bridgehead atoms. The summed E-state index contributed by atoms with van der Waals surface area (Å²) in [4.78, 5) is 2.54. The lowest BCUT2D eigenvalue weighted by molar-refractivity contribution is 0.550. The van der Waals surface area contributed by atoms with Crippen LogP contribution >= 0.6 is 11.3 Å². The fourth-order valence-electron chi connectivity index (χ4n) is 9.42. The number of anilines is 3. The lowest BCUT2D eigenvalue weighted by Crippen LogP contribution is -2.21. The third-order valence-corrected chi connectivity index (χ3v) is 12.7. The molecule has 238 valence electrons. The zero-order chi connectivity index (χ0) is 32.8. The van der Waals surface area contributed by atoms with Gasteiger partial charge in [-0.2, -0.15) is 0 Å². The lowest BCUT2D eigenvalue weighted by atomic mass is 9.76. The second-order valence-corrected chi connectivity index (χ2v) is 15.1. The first-order valence-corrected chi connectivity index (χ1v) is 18.6. The average molecular weight is 659 g/mol. The van der Waals surface area contributed by atoms with E-state index in [1.54, 1.807) is 0 Å². The van der Waals surface area contributed by atoms with Gasteiger partial charge < -0.3 is 9.47 Å². The van der Waals surface area contributed by atoms with Gasteiger partial charge in [0.05, 0.1) is 16.7 Å². The second-order valence-electron chi connectivity index (χ2n) is 14.0. The van der Waals surface area contributed by atoms with Crippen LogP contribution in [0.2, 0.25) is 0 Å². The van der Waals surface area contributed by atoms with E-state index in [1.807, 2.05) is 11.3 Å². The Hall–Kier alpha value is -5.64. The monoisotopic (exact) mass is 658 g/mol. The van der Waals surface area contributed by atoms with E-state index in [9.17, 15) is 0 Å². The van der Waals surface area contributed by atoms with Crippen molar-refractivity contribution in [3.8, 4) is 16.8 Å². The van der Waals surface area contributed by atoms with Gasteiger partial charge in [-0.25, -0.2) is 0 Å². The molecular formula is C47H34N2S. The molecule has 9 aromatic rings. The maximum atomic E-state index is 2.55. The van der Waals surface area contributed by atoms with E-state index in [0.29, 0.717) is 0 Å². The predicted octanol–water partition coefficient (Wildman–Crippen LogP) is 13.5. The Bertz CT molecular complexity index is 2780. The Morgan fingerprint density at radius 1 is 0.500 bits per heavy atom. The molecule has 0 radical (unpaired) electrons. The third-order valence-electron chi connectivity index (χ3n) is 11.5. The van der Waals surface area contributed by atoms with Crippen LogP contribution in [0.15, 0.2) is 158 Å². The standard InChI is InChI=1S/C47H34N2S/c1-2-13-31(14-3-1)49-41-19-8-5-16-36(41)37-26-24-33(30-43(37)49)48(42-20-12-22-45-46(42)38-17-6-9-21-44(38)50-45)32-23-25-35-34-15-4-7-18-39(34)47(40(35)29-32)27-10-11-28-47/h1-9,12-26,29-30H,10-11,27-28H2. The zero-order valence-corrected chi connectivity index (χ0v) is 28.5. The van der Waals surface area contributed by atoms with Gasteiger partial charge in [0, 0.05) is 53.4 Å². The lowest BCUT2D eigenvalue weighted by Gasteiger charge is -2.30. The Labute approximate surface area is 295 Å². The number of nitrogens with zero attached hydrogens (tertiary/aromatic N) is 2. The Balaban J connectivity index is 1.21. The summed E-state index contributed by atoms with van der Waals surface area (Å²) in [6.07, 6.45) is 4.99. The van der Waals surface area contributed by atoms with E-state index >= 15 is 0 Å². The van der Waals surface area contributed by atoms with Crippen molar-refractivity contribution in [1.29, 1.82) is 0 Å². The molecule has 3 heteroatoms. The van der Waals surface area contributed by atoms with Crippen molar-refractivity contribution < 1.29 is 0 Å². The van der Waals surface area contributed by atoms with Crippen LogP contribution < -0.4 is 4.90 Å². The number of hydrogen-bond donors (Lipinski definition) is 0. The SMILES string of the molecule is c1ccc(-n2c3ccccc3c3ccc(N(c4ccc5c(c4)C4(CCCC4)c4ccccc4-5)c4cccc5sc6ccccc6c45)cc32)cc1. The van der Waals surface area contributed by atoms with Crippen LogP contribution in [0, 0.1) is 0 Å². The normalized spacial score (nSPS) is 14.6. The Morgan fingerprint density at radius 3 is 2.08 bits per heavy atom. The van der Waals surface area contributed by atoms with Gasteiger partial charge in [-0.1, -0.05) is 110 Å². The number of thiophene rings is 1. The van der Waals surface area contributed by atoms with Gasteiger partial charge >= 0.3 is 0 Å². The van der Waals surface area contributed by atoms with E-state index < -0.39 is 0 Å². The predicted molar refractivity (Wildman–Crippen MR) is 213 cm³/mol.